The molecule has 0 atom stereocenters. The van der Waals surface area contributed by atoms with Crippen LogP contribution < -0.4 is 4.90 Å². The molecule has 0 aliphatic heterocycles. The fourth-order valence-corrected chi connectivity index (χ4v) is 4.39. The summed E-state index contributed by atoms with van der Waals surface area (Å²) < 4.78 is 0. The second-order valence-corrected chi connectivity index (χ2v) is 8.16. The van der Waals surface area contributed by atoms with Gasteiger partial charge in [-0.25, -0.2) is 0 Å². The van der Waals surface area contributed by atoms with Gasteiger partial charge in [-0.15, -0.1) is 0 Å². The van der Waals surface area contributed by atoms with E-state index in [-0.39, 0.29) is 0 Å². The summed E-state index contributed by atoms with van der Waals surface area (Å²) in [4.78, 5) is 2.32. The molecule has 0 fully saturated rings. The molecule has 5 aromatic rings. The first-order valence-corrected chi connectivity index (χ1v) is 11.4. The Morgan fingerprint density at radius 3 is 1.84 bits per heavy atom. The molecule has 0 aromatic heterocycles. The topological polar surface area (TPSA) is 3.24 Å². The highest BCUT2D eigenvalue weighted by Crippen LogP contribution is 2.36. The Balaban J connectivity index is 1.55. The molecular formula is C31H27N. The smallest absolute Gasteiger partial charge is 0.0462 e. The molecule has 0 radical (unpaired) electrons. The van der Waals surface area contributed by atoms with E-state index in [2.05, 4.69) is 133 Å². The van der Waals surface area contributed by atoms with Crippen molar-refractivity contribution in [1.82, 2.24) is 0 Å². The van der Waals surface area contributed by atoms with Crippen molar-refractivity contribution >= 4 is 27.8 Å². The van der Waals surface area contributed by atoms with Crippen LogP contribution in [0.1, 0.15) is 18.9 Å². The zero-order valence-electron chi connectivity index (χ0n) is 18.4. The molecule has 0 saturated heterocycles. The van der Waals surface area contributed by atoms with Gasteiger partial charge in [-0.2, -0.15) is 0 Å². The molecule has 0 spiro atoms. The van der Waals surface area contributed by atoms with Gasteiger partial charge in [0.25, 0.3) is 0 Å². The largest absolute Gasteiger partial charge is 0.311 e. The van der Waals surface area contributed by atoms with E-state index in [9.17, 15) is 0 Å². The lowest BCUT2D eigenvalue weighted by Gasteiger charge is -2.26. The zero-order valence-corrected chi connectivity index (χ0v) is 18.4. The van der Waals surface area contributed by atoms with Gasteiger partial charge in [0, 0.05) is 17.1 Å². The van der Waals surface area contributed by atoms with Gasteiger partial charge in [-0.05, 0) is 70.3 Å². The van der Waals surface area contributed by atoms with E-state index in [1.807, 2.05) is 0 Å². The van der Waals surface area contributed by atoms with E-state index in [4.69, 9.17) is 0 Å². The Bertz CT molecular complexity index is 1300. The molecule has 5 rings (SSSR count). The van der Waals surface area contributed by atoms with Crippen molar-refractivity contribution in [2.75, 3.05) is 4.90 Å². The summed E-state index contributed by atoms with van der Waals surface area (Å²) in [6.07, 6.45) is 2.28. The van der Waals surface area contributed by atoms with Gasteiger partial charge in [0.1, 0.15) is 0 Å². The van der Waals surface area contributed by atoms with Crippen LogP contribution in [0.4, 0.5) is 17.1 Å². The number of hydrogen-bond donors (Lipinski definition) is 0. The average molecular weight is 414 g/mol. The Morgan fingerprint density at radius 1 is 0.531 bits per heavy atom. The predicted octanol–water partition coefficient (Wildman–Crippen LogP) is 8.93. The maximum absolute atomic E-state index is 2.32. The Hall–Kier alpha value is -3.84. The van der Waals surface area contributed by atoms with Crippen molar-refractivity contribution in [3.8, 4) is 11.1 Å². The van der Waals surface area contributed by atoms with Crippen LogP contribution in [-0.2, 0) is 6.42 Å². The second-order valence-electron chi connectivity index (χ2n) is 8.16. The summed E-state index contributed by atoms with van der Waals surface area (Å²) in [6.45, 7) is 2.22. The van der Waals surface area contributed by atoms with Gasteiger partial charge < -0.3 is 4.90 Å². The maximum Gasteiger partial charge on any atom is 0.0462 e. The quantitative estimate of drug-likeness (QED) is 0.268. The molecule has 0 aliphatic carbocycles. The highest BCUT2D eigenvalue weighted by Gasteiger charge is 2.13. The first-order chi connectivity index (χ1) is 15.8. The molecule has 1 nitrogen and oxygen atoms in total. The summed E-state index contributed by atoms with van der Waals surface area (Å²) in [5, 5.41) is 2.56. The van der Waals surface area contributed by atoms with Crippen LogP contribution in [0.15, 0.2) is 121 Å². The molecule has 0 bridgehead atoms. The Kier molecular flexibility index (Phi) is 5.72. The highest BCUT2D eigenvalue weighted by molar-refractivity contribution is 5.97. The summed E-state index contributed by atoms with van der Waals surface area (Å²) >= 11 is 0. The van der Waals surface area contributed by atoms with Gasteiger partial charge in [0.05, 0.1) is 0 Å². The van der Waals surface area contributed by atoms with Crippen LogP contribution in [0.2, 0.25) is 0 Å². The summed E-state index contributed by atoms with van der Waals surface area (Å²) in [5.74, 6) is 0. The number of nitrogens with zero attached hydrogens (tertiary/aromatic N) is 1. The number of para-hydroxylation sites is 1. The normalized spacial score (nSPS) is 10.9. The molecule has 5 aromatic carbocycles. The van der Waals surface area contributed by atoms with Crippen molar-refractivity contribution in [1.29, 1.82) is 0 Å². The molecule has 0 N–H and O–H groups in total. The van der Waals surface area contributed by atoms with E-state index in [0.717, 1.165) is 24.2 Å². The summed E-state index contributed by atoms with van der Waals surface area (Å²) in [6, 6.07) is 43.6. The van der Waals surface area contributed by atoms with Crippen LogP contribution in [0.25, 0.3) is 21.9 Å². The third kappa shape index (κ3) is 4.02. The van der Waals surface area contributed by atoms with E-state index < -0.39 is 0 Å². The van der Waals surface area contributed by atoms with E-state index in [0.29, 0.717) is 0 Å². The first-order valence-electron chi connectivity index (χ1n) is 11.4. The van der Waals surface area contributed by atoms with Crippen LogP contribution in [0.3, 0.4) is 0 Å². The first kappa shape index (κ1) is 20.1. The Labute approximate surface area is 190 Å². The maximum atomic E-state index is 2.32. The van der Waals surface area contributed by atoms with Gasteiger partial charge in [0.2, 0.25) is 0 Å². The molecule has 0 amide bonds. The van der Waals surface area contributed by atoms with E-state index in [1.165, 1.54) is 33.2 Å². The fourth-order valence-electron chi connectivity index (χ4n) is 4.39. The second kappa shape index (κ2) is 9.11. The monoisotopic (exact) mass is 413 g/mol. The summed E-state index contributed by atoms with van der Waals surface area (Å²) in [7, 11) is 0. The van der Waals surface area contributed by atoms with Crippen molar-refractivity contribution in [2.45, 2.75) is 19.8 Å². The molecule has 1 heteroatoms. The number of anilines is 3. The van der Waals surface area contributed by atoms with Crippen molar-refractivity contribution < 1.29 is 0 Å². The van der Waals surface area contributed by atoms with Crippen molar-refractivity contribution in [2.24, 2.45) is 0 Å². The summed E-state index contributed by atoms with van der Waals surface area (Å²) in [5.41, 5.74) is 7.38. The van der Waals surface area contributed by atoms with E-state index in [1.54, 1.807) is 0 Å². The van der Waals surface area contributed by atoms with Gasteiger partial charge >= 0.3 is 0 Å². The number of benzene rings is 5. The van der Waals surface area contributed by atoms with Crippen LogP contribution in [0, 0.1) is 0 Å². The fraction of sp³-hybridized carbons (Fsp3) is 0.0968. The SMILES string of the molecule is CCCc1ccc(N(c2ccccc2)c2ccc(-c3cccc4ccccc34)cc2)cc1. The lowest BCUT2D eigenvalue weighted by molar-refractivity contribution is 0.922. The predicted molar refractivity (Wildman–Crippen MR) is 138 cm³/mol. The van der Waals surface area contributed by atoms with Gasteiger partial charge in [0.15, 0.2) is 0 Å². The van der Waals surface area contributed by atoms with Gasteiger partial charge in [-0.3, -0.25) is 0 Å². The molecule has 0 heterocycles. The highest BCUT2D eigenvalue weighted by atomic mass is 15.1. The molecule has 32 heavy (non-hydrogen) atoms. The number of hydrogen-bond acceptors (Lipinski definition) is 1. The van der Waals surface area contributed by atoms with Crippen LogP contribution in [0.5, 0.6) is 0 Å². The number of rotatable bonds is 6. The van der Waals surface area contributed by atoms with Crippen LogP contribution >= 0.6 is 0 Å². The lowest BCUT2D eigenvalue weighted by Crippen LogP contribution is -2.09. The molecule has 0 aliphatic rings. The van der Waals surface area contributed by atoms with Gasteiger partial charge in [-0.1, -0.05) is 98.3 Å². The van der Waals surface area contributed by atoms with Crippen molar-refractivity contribution in [3.05, 3.63) is 127 Å². The Morgan fingerprint density at radius 2 is 1.12 bits per heavy atom. The third-order valence-corrected chi connectivity index (χ3v) is 5.97. The number of aryl methyl sites for hydroxylation is 1. The average Bonchev–Trinajstić information content (AvgIpc) is 2.86. The third-order valence-electron chi connectivity index (χ3n) is 5.97. The minimum Gasteiger partial charge on any atom is -0.311 e. The molecular weight excluding hydrogens is 386 g/mol. The minimum atomic E-state index is 1.12. The molecule has 156 valence electrons. The standard InChI is InChI=1S/C31H27N/c1-2-9-24-16-20-28(21-17-24)32(27-12-4-3-5-13-27)29-22-18-26(19-23-29)31-15-8-11-25-10-6-7-14-30(25)31/h3-8,10-23H,2,9H2,1H3. The molecule has 0 unspecified atom stereocenters. The lowest BCUT2D eigenvalue weighted by atomic mass is 9.98. The minimum absolute atomic E-state index is 1.12. The zero-order chi connectivity index (χ0) is 21.8. The molecule has 0 saturated carbocycles. The van der Waals surface area contributed by atoms with Crippen molar-refractivity contribution in [3.63, 3.8) is 0 Å². The number of fused-ring (bicyclic) bond motifs is 1. The van der Waals surface area contributed by atoms with Crippen LogP contribution in [-0.4, -0.2) is 0 Å². The van der Waals surface area contributed by atoms with E-state index >= 15 is 0 Å².